The minimum atomic E-state index is -0.913. The number of aromatic amines is 1. The predicted molar refractivity (Wildman–Crippen MR) is 75.4 cm³/mol. The van der Waals surface area contributed by atoms with E-state index >= 15 is 0 Å². The van der Waals surface area contributed by atoms with Crippen LogP contribution in [0, 0.1) is 6.92 Å². The molecular formula is C13H10BrN3O3. The molecule has 2 aromatic heterocycles. The number of rotatable bonds is 3. The van der Waals surface area contributed by atoms with Gasteiger partial charge >= 0.3 is 5.97 Å². The summed E-state index contributed by atoms with van der Waals surface area (Å²) in [5.74, 6) is -0.312. The number of aryl methyl sites for hydroxylation is 1. The highest BCUT2D eigenvalue weighted by Gasteiger charge is 2.15. The third-order valence-corrected chi connectivity index (χ3v) is 3.73. The van der Waals surface area contributed by atoms with Crippen LogP contribution >= 0.6 is 15.9 Å². The van der Waals surface area contributed by atoms with Gasteiger partial charge in [0.15, 0.2) is 11.5 Å². The van der Waals surface area contributed by atoms with E-state index in [1.54, 1.807) is 6.92 Å². The van der Waals surface area contributed by atoms with Gasteiger partial charge in [-0.15, -0.1) is 0 Å². The number of carboxylic acid groups (broad SMARTS) is 1. The molecule has 0 aliphatic rings. The first kappa shape index (κ1) is 12.9. The Kier molecular flexibility index (Phi) is 3.06. The Morgan fingerprint density at radius 3 is 3.05 bits per heavy atom. The minimum absolute atomic E-state index is 0.112. The largest absolute Gasteiger partial charge is 0.481 e. The molecule has 0 aliphatic heterocycles. The minimum Gasteiger partial charge on any atom is -0.481 e. The quantitative estimate of drug-likeness (QED) is 0.767. The van der Waals surface area contributed by atoms with E-state index in [0.29, 0.717) is 27.3 Å². The molecule has 102 valence electrons. The summed E-state index contributed by atoms with van der Waals surface area (Å²) in [5, 5.41) is 15.7. The standard InChI is InChI=1S/C13H10BrN3O3/c1-6-15-8-4-7(2-3-10(8)20-6)13-12(14)9(16-17-13)5-11(18)19/h2-4H,5H2,1H3,(H,16,17)(H,18,19). The van der Waals surface area contributed by atoms with Gasteiger partial charge in [-0.1, -0.05) is 0 Å². The summed E-state index contributed by atoms with van der Waals surface area (Å²) in [6.07, 6.45) is -0.112. The third kappa shape index (κ3) is 2.20. The molecule has 0 saturated heterocycles. The van der Waals surface area contributed by atoms with Crippen LogP contribution in [0.2, 0.25) is 0 Å². The summed E-state index contributed by atoms with van der Waals surface area (Å²) in [5.41, 5.74) is 3.48. The molecule has 0 unspecified atom stereocenters. The summed E-state index contributed by atoms with van der Waals surface area (Å²) >= 11 is 3.38. The fourth-order valence-corrected chi connectivity index (χ4v) is 2.56. The smallest absolute Gasteiger partial charge is 0.309 e. The molecule has 0 spiro atoms. The van der Waals surface area contributed by atoms with E-state index in [-0.39, 0.29) is 6.42 Å². The summed E-state index contributed by atoms with van der Waals surface area (Å²) in [6.45, 7) is 1.79. The normalized spacial score (nSPS) is 11.1. The second-order valence-electron chi connectivity index (χ2n) is 4.35. The number of nitrogens with one attached hydrogen (secondary N) is 1. The van der Waals surface area contributed by atoms with Crippen molar-refractivity contribution in [2.75, 3.05) is 0 Å². The fourth-order valence-electron chi connectivity index (χ4n) is 2.01. The maximum atomic E-state index is 10.8. The van der Waals surface area contributed by atoms with Crippen molar-refractivity contribution < 1.29 is 14.3 Å². The zero-order chi connectivity index (χ0) is 14.3. The van der Waals surface area contributed by atoms with Crippen molar-refractivity contribution in [3.8, 4) is 11.3 Å². The number of nitrogens with zero attached hydrogens (tertiary/aromatic N) is 2. The van der Waals surface area contributed by atoms with Crippen LogP contribution in [0.1, 0.15) is 11.6 Å². The van der Waals surface area contributed by atoms with E-state index in [2.05, 4.69) is 31.1 Å². The first-order valence-electron chi connectivity index (χ1n) is 5.86. The Bertz CT molecular complexity index is 806. The molecule has 2 heterocycles. The molecule has 3 rings (SSSR count). The van der Waals surface area contributed by atoms with E-state index in [4.69, 9.17) is 9.52 Å². The van der Waals surface area contributed by atoms with E-state index in [1.165, 1.54) is 0 Å². The van der Waals surface area contributed by atoms with E-state index in [0.717, 1.165) is 11.1 Å². The molecule has 0 atom stereocenters. The molecule has 6 nitrogen and oxygen atoms in total. The number of H-pyrrole nitrogens is 1. The number of halogens is 1. The van der Waals surface area contributed by atoms with Gasteiger partial charge in [-0.05, 0) is 34.1 Å². The lowest BCUT2D eigenvalue weighted by Crippen LogP contribution is -2.00. The Hall–Kier alpha value is -2.15. The second kappa shape index (κ2) is 4.75. The molecule has 0 bridgehead atoms. The Labute approximate surface area is 121 Å². The van der Waals surface area contributed by atoms with Crippen LogP contribution in [0.3, 0.4) is 0 Å². The predicted octanol–water partition coefficient (Wildman–Crippen LogP) is 2.92. The Morgan fingerprint density at radius 1 is 1.50 bits per heavy atom. The van der Waals surface area contributed by atoms with Crippen LogP contribution in [-0.2, 0) is 11.2 Å². The average Bonchev–Trinajstić information content (AvgIpc) is 2.91. The average molecular weight is 336 g/mol. The number of oxazole rings is 1. The van der Waals surface area contributed by atoms with Crippen molar-refractivity contribution in [1.82, 2.24) is 15.2 Å². The van der Waals surface area contributed by atoms with Crippen molar-refractivity contribution in [1.29, 1.82) is 0 Å². The molecule has 0 fully saturated rings. The number of carboxylic acids is 1. The molecule has 1 aromatic carbocycles. The van der Waals surface area contributed by atoms with Crippen LogP contribution in [0.4, 0.5) is 0 Å². The molecule has 3 aromatic rings. The number of benzene rings is 1. The molecule has 0 amide bonds. The second-order valence-corrected chi connectivity index (χ2v) is 5.14. The van der Waals surface area contributed by atoms with Gasteiger partial charge in [-0.25, -0.2) is 4.98 Å². The van der Waals surface area contributed by atoms with Crippen LogP contribution in [0.25, 0.3) is 22.4 Å². The summed E-state index contributed by atoms with van der Waals surface area (Å²) < 4.78 is 6.07. The van der Waals surface area contributed by atoms with Crippen LogP contribution in [0.15, 0.2) is 27.1 Å². The van der Waals surface area contributed by atoms with Crippen molar-refractivity contribution in [3.63, 3.8) is 0 Å². The van der Waals surface area contributed by atoms with Gasteiger partial charge in [-0.3, -0.25) is 9.89 Å². The van der Waals surface area contributed by atoms with E-state index in [1.807, 2.05) is 18.2 Å². The highest BCUT2D eigenvalue weighted by atomic mass is 79.9. The van der Waals surface area contributed by atoms with Crippen LogP contribution in [0.5, 0.6) is 0 Å². The molecule has 0 saturated carbocycles. The summed E-state index contributed by atoms with van der Waals surface area (Å²) in [4.78, 5) is 15.0. The lowest BCUT2D eigenvalue weighted by atomic mass is 10.1. The number of fused-ring (bicyclic) bond motifs is 1. The first-order chi connectivity index (χ1) is 9.54. The molecule has 20 heavy (non-hydrogen) atoms. The van der Waals surface area contributed by atoms with Gasteiger partial charge in [-0.2, -0.15) is 5.10 Å². The molecule has 0 aliphatic carbocycles. The Balaban J connectivity index is 2.06. The maximum Gasteiger partial charge on any atom is 0.309 e. The van der Waals surface area contributed by atoms with Gasteiger partial charge in [0.05, 0.1) is 16.6 Å². The Morgan fingerprint density at radius 2 is 2.30 bits per heavy atom. The zero-order valence-electron chi connectivity index (χ0n) is 10.5. The van der Waals surface area contributed by atoms with Crippen LogP contribution in [-0.4, -0.2) is 26.3 Å². The summed E-state index contributed by atoms with van der Waals surface area (Å²) in [6, 6.07) is 5.54. The molecular weight excluding hydrogens is 326 g/mol. The van der Waals surface area contributed by atoms with Gasteiger partial charge < -0.3 is 9.52 Å². The number of carbonyl (C=O) groups is 1. The lowest BCUT2D eigenvalue weighted by molar-refractivity contribution is -0.136. The molecule has 0 radical (unpaired) electrons. The maximum absolute atomic E-state index is 10.8. The highest BCUT2D eigenvalue weighted by molar-refractivity contribution is 9.10. The number of hydrogen-bond donors (Lipinski definition) is 2. The highest BCUT2D eigenvalue weighted by Crippen LogP contribution is 2.31. The van der Waals surface area contributed by atoms with Crippen molar-refractivity contribution in [3.05, 3.63) is 34.3 Å². The summed E-state index contributed by atoms with van der Waals surface area (Å²) in [7, 11) is 0. The van der Waals surface area contributed by atoms with Gasteiger partial charge in [0.1, 0.15) is 11.2 Å². The fraction of sp³-hybridized carbons (Fsp3) is 0.154. The van der Waals surface area contributed by atoms with Crippen molar-refractivity contribution >= 4 is 33.0 Å². The number of aromatic nitrogens is 3. The lowest BCUT2D eigenvalue weighted by Gasteiger charge is -1.98. The number of aliphatic carboxylic acids is 1. The van der Waals surface area contributed by atoms with Gasteiger partial charge in [0.25, 0.3) is 0 Å². The van der Waals surface area contributed by atoms with Crippen molar-refractivity contribution in [2.24, 2.45) is 0 Å². The third-order valence-electron chi connectivity index (χ3n) is 2.87. The molecule has 2 N–H and O–H groups in total. The zero-order valence-corrected chi connectivity index (χ0v) is 12.1. The topological polar surface area (TPSA) is 92.0 Å². The van der Waals surface area contributed by atoms with E-state index < -0.39 is 5.97 Å². The van der Waals surface area contributed by atoms with E-state index in [9.17, 15) is 4.79 Å². The number of hydrogen-bond acceptors (Lipinski definition) is 4. The monoisotopic (exact) mass is 335 g/mol. The first-order valence-corrected chi connectivity index (χ1v) is 6.66. The van der Waals surface area contributed by atoms with Gasteiger partial charge in [0, 0.05) is 12.5 Å². The van der Waals surface area contributed by atoms with Gasteiger partial charge in [0.2, 0.25) is 0 Å². The van der Waals surface area contributed by atoms with Crippen LogP contribution < -0.4 is 0 Å². The molecule has 7 heteroatoms. The van der Waals surface area contributed by atoms with Crippen molar-refractivity contribution in [2.45, 2.75) is 13.3 Å². The SMILES string of the molecule is Cc1nc2cc(-c3n[nH]c(CC(=O)O)c3Br)ccc2o1.